The molecule has 0 unspecified atom stereocenters. The first-order valence-electron chi connectivity index (χ1n) is 5.88. The van der Waals surface area contributed by atoms with Crippen LogP contribution < -0.4 is 4.72 Å². The molecule has 1 N–H and O–H groups in total. The van der Waals surface area contributed by atoms with Crippen LogP contribution in [0, 0.1) is 5.82 Å². The summed E-state index contributed by atoms with van der Waals surface area (Å²) in [5.41, 5.74) is -0.389. The fourth-order valence-electron chi connectivity index (χ4n) is 2.02. The smallest absolute Gasteiger partial charge is 0.241 e. The van der Waals surface area contributed by atoms with Crippen molar-refractivity contribution in [3.63, 3.8) is 0 Å². The molecule has 1 saturated carbocycles. The highest BCUT2D eigenvalue weighted by atomic mass is 79.9. The van der Waals surface area contributed by atoms with Crippen LogP contribution in [-0.4, -0.2) is 27.7 Å². The van der Waals surface area contributed by atoms with E-state index in [-0.39, 0.29) is 21.5 Å². The van der Waals surface area contributed by atoms with E-state index in [2.05, 4.69) is 20.7 Å². The van der Waals surface area contributed by atoms with E-state index in [0.29, 0.717) is 0 Å². The zero-order valence-corrected chi connectivity index (χ0v) is 12.9. The molecule has 0 spiro atoms. The molecular formula is C12H15BrFNO3S. The van der Waals surface area contributed by atoms with Gasteiger partial charge in [0, 0.05) is 18.1 Å². The second-order valence-electron chi connectivity index (χ2n) is 4.64. The molecule has 2 rings (SSSR count). The molecule has 1 fully saturated rings. The summed E-state index contributed by atoms with van der Waals surface area (Å²) in [4.78, 5) is 0.0273. The Labute approximate surface area is 120 Å². The largest absolute Gasteiger partial charge is 0.377 e. The van der Waals surface area contributed by atoms with Crippen molar-refractivity contribution in [3.8, 4) is 0 Å². The number of hydrogen-bond donors (Lipinski definition) is 1. The van der Waals surface area contributed by atoms with Crippen LogP contribution in [0.25, 0.3) is 0 Å². The number of hydrogen-bond acceptors (Lipinski definition) is 3. The van der Waals surface area contributed by atoms with Crippen LogP contribution in [-0.2, 0) is 14.8 Å². The van der Waals surface area contributed by atoms with Crippen LogP contribution in [0.3, 0.4) is 0 Å². The van der Waals surface area contributed by atoms with E-state index in [9.17, 15) is 12.8 Å². The average Bonchev–Trinajstić information content (AvgIpc) is 2.27. The minimum Gasteiger partial charge on any atom is -0.377 e. The Bertz CT molecular complexity index is 567. The Morgan fingerprint density at radius 3 is 2.63 bits per heavy atom. The van der Waals surface area contributed by atoms with Crippen LogP contribution >= 0.6 is 15.9 Å². The van der Waals surface area contributed by atoms with Crippen molar-refractivity contribution in [1.29, 1.82) is 0 Å². The number of benzene rings is 1. The molecule has 0 heterocycles. The van der Waals surface area contributed by atoms with Gasteiger partial charge in [-0.05, 0) is 53.4 Å². The molecule has 1 aliphatic rings. The van der Waals surface area contributed by atoms with Crippen LogP contribution in [0.1, 0.15) is 19.3 Å². The minimum absolute atomic E-state index is 0.0273. The summed E-state index contributed by atoms with van der Waals surface area (Å²) < 4.78 is 45.3. The number of halogens is 2. The number of sulfonamides is 1. The molecule has 0 amide bonds. The maximum Gasteiger partial charge on any atom is 0.241 e. The van der Waals surface area contributed by atoms with Gasteiger partial charge >= 0.3 is 0 Å². The van der Waals surface area contributed by atoms with Gasteiger partial charge in [0.05, 0.1) is 10.5 Å². The molecule has 0 aromatic heterocycles. The van der Waals surface area contributed by atoms with Crippen LogP contribution in [0.2, 0.25) is 0 Å². The molecule has 0 aliphatic heterocycles. The second kappa shape index (κ2) is 5.47. The molecular weight excluding hydrogens is 337 g/mol. The van der Waals surface area contributed by atoms with Crippen LogP contribution in [0.5, 0.6) is 0 Å². The number of nitrogens with one attached hydrogen (secondary N) is 1. The van der Waals surface area contributed by atoms with Crippen LogP contribution in [0.15, 0.2) is 27.6 Å². The third-order valence-corrected chi connectivity index (χ3v) is 5.84. The molecule has 0 bridgehead atoms. The van der Waals surface area contributed by atoms with E-state index in [1.54, 1.807) is 7.11 Å². The lowest BCUT2D eigenvalue weighted by Crippen LogP contribution is -2.49. The molecule has 0 atom stereocenters. The predicted molar refractivity (Wildman–Crippen MR) is 72.9 cm³/mol. The standard InChI is InChI=1S/C12H15BrFNO3S/c1-18-12(5-2-6-12)8-15-19(16,17)11-4-3-9(14)7-10(11)13/h3-4,7,15H,2,5-6,8H2,1H3. The third-order valence-electron chi connectivity index (χ3n) is 3.47. The van der Waals surface area contributed by atoms with E-state index < -0.39 is 15.8 Å². The highest BCUT2D eigenvalue weighted by Gasteiger charge is 2.38. The average molecular weight is 352 g/mol. The Morgan fingerprint density at radius 1 is 1.47 bits per heavy atom. The van der Waals surface area contributed by atoms with E-state index in [4.69, 9.17) is 4.74 Å². The fourth-order valence-corrected chi connectivity index (χ4v) is 4.18. The normalized spacial score (nSPS) is 18.1. The van der Waals surface area contributed by atoms with Gasteiger partial charge in [0.1, 0.15) is 5.82 Å². The zero-order chi connectivity index (χ0) is 14.1. The molecule has 106 valence electrons. The van der Waals surface area contributed by atoms with E-state index in [0.717, 1.165) is 31.4 Å². The van der Waals surface area contributed by atoms with E-state index in [1.165, 1.54) is 6.07 Å². The van der Waals surface area contributed by atoms with Gasteiger partial charge in [0.2, 0.25) is 10.0 Å². The summed E-state index contributed by atoms with van der Waals surface area (Å²) >= 11 is 3.06. The molecule has 0 saturated heterocycles. The summed E-state index contributed by atoms with van der Waals surface area (Å²) in [5.74, 6) is -0.488. The van der Waals surface area contributed by atoms with Gasteiger partial charge in [0.15, 0.2) is 0 Å². The SMILES string of the molecule is COC1(CNS(=O)(=O)c2ccc(F)cc2Br)CCC1. The van der Waals surface area contributed by atoms with Crippen molar-refractivity contribution >= 4 is 26.0 Å². The first-order valence-corrected chi connectivity index (χ1v) is 8.16. The molecule has 1 aromatic carbocycles. The topological polar surface area (TPSA) is 55.4 Å². The summed E-state index contributed by atoms with van der Waals surface area (Å²) in [6.07, 6.45) is 2.73. The number of ether oxygens (including phenoxy) is 1. The molecule has 1 aliphatic carbocycles. The summed E-state index contributed by atoms with van der Waals surface area (Å²) in [5, 5.41) is 0. The van der Waals surface area contributed by atoms with Gasteiger partial charge < -0.3 is 4.74 Å². The molecule has 4 nitrogen and oxygen atoms in total. The highest BCUT2D eigenvalue weighted by Crippen LogP contribution is 2.34. The Morgan fingerprint density at radius 2 is 2.16 bits per heavy atom. The first-order chi connectivity index (χ1) is 8.88. The predicted octanol–water partition coefficient (Wildman–Crippen LogP) is 2.44. The Hall–Kier alpha value is -0.500. The van der Waals surface area contributed by atoms with Gasteiger partial charge in [-0.2, -0.15) is 0 Å². The minimum atomic E-state index is -3.67. The van der Waals surface area contributed by atoms with Gasteiger partial charge in [-0.1, -0.05) is 0 Å². The Kier molecular flexibility index (Phi) is 4.29. The lowest BCUT2D eigenvalue weighted by Gasteiger charge is -2.40. The first kappa shape index (κ1) is 14.9. The maximum atomic E-state index is 13.0. The zero-order valence-electron chi connectivity index (χ0n) is 10.4. The lowest BCUT2D eigenvalue weighted by molar-refractivity contribution is -0.0659. The van der Waals surface area contributed by atoms with E-state index >= 15 is 0 Å². The van der Waals surface area contributed by atoms with Crippen LogP contribution in [0.4, 0.5) is 4.39 Å². The fraction of sp³-hybridized carbons (Fsp3) is 0.500. The summed E-state index contributed by atoms with van der Waals surface area (Å²) in [6, 6.07) is 3.49. The van der Waals surface area contributed by atoms with Crippen molar-refractivity contribution in [2.24, 2.45) is 0 Å². The van der Waals surface area contributed by atoms with Crippen molar-refractivity contribution < 1.29 is 17.5 Å². The molecule has 19 heavy (non-hydrogen) atoms. The molecule has 1 aromatic rings. The highest BCUT2D eigenvalue weighted by molar-refractivity contribution is 9.10. The third kappa shape index (κ3) is 3.16. The molecule has 0 radical (unpaired) electrons. The van der Waals surface area contributed by atoms with Crippen molar-refractivity contribution in [3.05, 3.63) is 28.5 Å². The van der Waals surface area contributed by atoms with Gasteiger partial charge in [-0.15, -0.1) is 0 Å². The van der Waals surface area contributed by atoms with Gasteiger partial charge in [-0.25, -0.2) is 17.5 Å². The van der Waals surface area contributed by atoms with Gasteiger partial charge in [0.25, 0.3) is 0 Å². The second-order valence-corrected chi connectivity index (χ2v) is 7.23. The monoisotopic (exact) mass is 351 g/mol. The number of rotatable bonds is 5. The van der Waals surface area contributed by atoms with Crippen molar-refractivity contribution in [2.45, 2.75) is 29.8 Å². The summed E-state index contributed by atoms with van der Waals surface area (Å²) in [6.45, 7) is 0.232. The van der Waals surface area contributed by atoms with E-state index in [1.807, 2.05) is 0 Å². The van der Waals surface area contributed by atoms with Crippen molar-refractivity contribution in [1.82, 2.24) is 4.72 Å². The number of methoxy groups -OCH3 is 1. The quantitative estimate of drug-likeness (QED) is 0.886. The lowest BCUT2D eigenvalue weighted by atomic mass is 9.80. The molecule has 7 heteroatoms. The summed E-state index contributed by atoms with van der Waals surface area (Å²) in [7, 11) is -2.09. The Balaban J connectivity index is 2.14. The maximum absolute atomic E-state index is 13.0. The van der Waals surface area contributed by atoms with Gasteiger partial charge in [-0.3, -0.25) is 0 Å². The van der Waals surface area contributed by atoms with Crippen molar-refractivity contribution in [2.75, 3.05) is 13.7 Å².